The van der Waals surface area contributed by atoms with Crippen LogP contribution in [0.15, 0.2) is 22.7 Å². The third-order valence-corrected chi connectivity index (χ3v) is 2.74. The average Bonchev–Trinajstić information content (AvgIpc) is 2.21. The number of rotatable bonds is 3. The van der Waals surface area contributed by atoms with Gasteiger partial charge in [-0.25, -0.2) is 4.39 Å². The van der Waals surface area contributed by atoms with Crippen LogP contribution in [0.1, 0.15) is 18.0 Å². The fraction of sp³-hybridized carbons (Fsp3) is 0.364. The highest BCUT2D eigenvalue weighted by molar-refractivity contribution is 9.10. The zero-order valence-electron chi connectivity index (χ0n) is 9.21. The predicted molar refractivity (Wildman–Crippen MR) is 64.3 cm³/mol. The first-order valence-electron chi connectivity index (χ1n) is 4.82. The van der Waals surface area contributed by atoms with E-state index in [0.717, 1.165) is 4.47 Å². The van der Waals surface area contributed by atoms with Crippen molar-refractivity contribution in [1.29, 1.82) is 0 Å². The Morgan fingerprint density at radius 1 is 1.56 bits per heavy atom. The van der Waals surface area contributed by atoms with E-state index in [2.05, 4.69) is 15.9 Å². The Morgan fingerprint density at radius 2 is 2.19 bits per heavy atom. The molecule has 5 heteroatoms. The molecule has 0 aliphatic carbocycles. The van der Waals surface area contributed by atoms with Gasteiger partial charge < -0.3 is 10.6 Å². The Hall–Kier alpha value is -0.940. The summed E-state index contributed by atoms with van der Waals surface area (Å²) in [7, 11) is 3.29. The highest BCUT2D eigenvalue weighted by Gasteiger charge is 2.16. The summed E-state index contributed by atoms with van der Waals surface area (Å²) in [5.41, 5.74) is 6.15. The fourth-order valence-electron chi connectivity index (χ4n) is 1.28. The van der Waals surface area contributed by atoms with Gasteiger partial charge in [-0.3, -0.25) is 4.79 Å². The lowest BCUT2D eigenvalue weighted by Gasteiger charge is -2.16. The van der Waals surface area contributed by atoms with Crippen molar-refractivity contribution in [2.24, 2.45) is 5.73 Å². The van der Waals surface area contributed by atoms with Crippen LogP contribution in [0, 0.1) is 5.82 Å². The van der Waals surface area contributed by atoms with Gasteiger partial charge in [-0.1, -0.05) is 15.9 Å². The van der Waals surface area contributed by atoms with Gasteiger partial charge in [0.05, 0.1) is 0 Å². The Kier molecular flexibility index (Phi) is 4.44. The van der Waals surface area contributed by atoms with Crippen LogP contribution in [0.5, 0.6) is 0 Å². The molecule has 0 radical (unpaired) electrons. The highest BCUT2D eigenvalue weighted by atomic mass is 79.9. The standard InChI is InChI=1S/C11H14BrFN2O/c1-15(2)11(16)6-10(14)8-5-7(12)3-4-9(8)13/h3-5,10H,6,14H2,1-2H3. The van der Waals surface area contributed by atoms with E-state index in [9.17, 15) is 9.18 Å². The molecule has 0 saturated carbocycles. The molecule has 1 aromatic carbocycles. The van der Waals surface area contributed by atoms with E-state index in [-0.39, 0.29) is 18.1 Å². The summed E-state index contributed by atoms with van der Waals surface area (Å²) in [5.74, 6) is -0.505. The Labute approximate surface area is 103 Å². The lowest BCUT2D eigenvalue weighted by atomic mass is 10.0. The highest BCUT2D eigenvalue weighted by Crippen LogP contribution is 2.22. The van der Waals surface area contributed by atoms with Gasteiger partial charge >= 0.3 is 0 Å². The van der Waals surface area contributed by atoms with Gasteiger partial charge in [0, 0.05) is 36.6 Å². The minimum absolute atomic E-state index is 0.0976. The largest absolute Gasteiger partial charge is 0.349 e. The van der Waals surface area contributed by atoms with E-state index in [0.29, 0.717) is 5.56 Å². The third kappa shape index (κ3) is 3.28. The van der Waals surface area contributed by atoms with Crippen molar-refractivity contribution in [1.82, 2.24) is 4.90 Å². The summed E-state index contributed by atoms with van der Waals surface area (Å²) in [6.07, 6.45) is 0.0976. The minimum Gasteiger partial charge on any atom is -0.349 e. The van der Waals surface area contributed by atoms with Gasteiger partial charge in [-0.2, -0.15) is 0 Å². The lowest BCUT2D eigenvalue weighted by Crippen LogP contribution is -2.26. The molecular weight excluding hydrogens is 275 g/mol. The van der Waals surface area contributed by atoms with Crippen LogP contribution >= 0.6 is 15.9 Å². The number of nitrogens with zero attached hydrogens (tertiary/aromatic N) is 1. The summed E-state index contributed by atoms with van der Waals surface area (Å²) in [6.45, 7) is 0. The molecule has 0 aromatic heterocycles. The lowest BCUT2D eigenvalue weighted by molar-refractivity contribution is -0.129. The van der Waals surface area contributed by atoms with Crippen LogP contribution in [0.4, 0.5) is 4.39 Å². The maximum Gasteiger partial charge on any atom is 0.223 e. The van der Waals surface area contributed by atoms with Gasteiger partial charge in [0.15, 0.2) is 0 Å². The summed E-state index contributed by atoms with van der Waals surface area (Å²) in [5, 5.41) is 0. The maximum atomic E-state index is 13.4. The molecule has 3 nitrogen and oxygen atoms in total. The third-order valence-electron chi connectivity index (χ3n) is 2.25. The number of carbonyl (C=O) groups is 1. The smallest absolute Gasteiger partial charge is 0.223 e. The monoisotopic (exact) mass is 288 g/mol. The van der Waals surface area contributed by atoms with Gasteiger partial charge in [0.25, 0.3) is 0 Å². The SMILES string of the molecule is CN(C)C(=O)CC(N)c1cc(Br)ccc1F. The predicted octanol–water partition coefficient (Wildman–Crippen LogP) is 2.07. The van der Waals surface area contributed by atoms with Crippen LogP contribution in [0.2, 0.25) is 0 Å². The molecule has 1 amide bonds. The molecule has 1 rings (SSSR count). The first-order valence-corrected chi connectivity index (χ1v) is 5.61. The summed E-state index contributed by atoms with van der Waals surface area (Å²) in [6, 6.07) is 3.91. The Balaban J connectivity index is 2.84. The molecule has 0 fully saturated rings. The molecule has 0 aliphatic heterocycles. The van der Waals surface area contributed by atoms with Gasteiger partial charge in [0.2, 0.25) is 5.91 Å². The van der Waals surface area contributed by atoms with Crippen molar-refractivity contribution in [3.8, 4) is 0 Å². The Bertz CT molecular complexity index is 396. The molecule has 1 atom stereocenters. The molecule has 0 heterocycles. The first kappa shape index (κ1) is 13.1. The average molecular weight is 289 g/mol. The zero-order valence-corrected chi connectivity index (χ0v) is 10.8. The fourth-order valence-corrected chi connectivity index (χ4v) is 1.66. The Morgan fingerprint density at radius 3 is 2.75 bits per heavy atom. The molecule has 2 N–H and O–H groups in total. The number of benzene rings is 1. The van der Waals surface area contributed by atoms with Gasteiger partial charge in [-0.05, 0) is 18.2 Å². The number of carbonyl (C=O) groups excluding carboxylic acids is 1. The van der Waals surface area contributed by atoms with Crippen molar-refractivity contribution >= 4 is 21.8 Å². The molecule has 0 spiro atoms. The van der Waals surface area contributed by atoms with Crippen molar-refractivity contribution < 1.29 is 9.18 Å². The first-order chi connectivity index (χ1) is 7.41. The van der Waals surface area contributed by atoms with Crippen LogP contribution in [-0.2, 0) is 4.79 Å². The molecule has 1 aromatic rings. The summed E-state index contributed by atoms with van der Waals surface area (Å²) < 4.78 is 14.2. The second-order valence-electron chi connectivity index (χ2n) is 3.76. The summed E-state index contributed by atoms with van der Waals surface area (Å²) >= 11 is 3.24. The molecule has 0 saturated heterocycles. The normalized spacial score (nSPS) is 12.3. The number of amides is 1. The number of hydrogen-bond donors (Lipinski definition) is 1. The summed E-state index contributed by atoms with van der Waals surface area (Å²) in [4.78, 5) is 12.9. The van der Waals surface area contributed by atoms with Crippen LogP contribution in [0.3, 0.4) is 0 Å². The van der Waals surface area contributed by atoms with E-state index in [1.165, 1.54) is 11.0 Å². The number of hydrogen-bond acceptors (Lipinski definition) is 2. The molecule has 0 aliphatic rings. The second kappa shape index (κ2) is 5.41. The van der Waals surface area contributed by atoms with Gasteiger partial charge in [0.1, 0.15) is 5.82 Å². The molecule has 88 valence electrons. The van der Waals surface area contributed by atoms with Crippen molar-refractivity contribution in [2.45, 2.75) is 12.5 Å². The van der Waals surface area contributed by atoms with E-state index >= 15 is 0 Å². The molecular formula is C11H14BrFN2O. The minimum atomic E-state index is -0.618. The van der Waals surface area contributed by atoms with Crippen molar-refractivity contribution in [3.63, 3.8) is 0 Å². The topological polar surface area (TPSA) is 46.3 Å². The van der Waals surface area contributed by atoms with E-state index in [1.807, 2.05) is 0 Å². The molecule has 1 unspecified atom stereocenters. The van der Waals surface area contributed by atoms with Crippen molar-refractivity contribution in [3.05, 3.63) is 34.1 Å². The van der Waals surface area contributed by atoms with Gasteiger partial charge in [-0.15, -0.1) is 0 Å². The number of nitrogens with two attached hydrogens (primary N) is 1. The molecule has 0 bridgehead atoms. The van der Waals surface area contributed by atoms with E-state index < -0.39 is 6.04 Å². The number of halogens is 2. The van der Waals surface area contributed by atoms with Crippen molar-refractivity contribution in [2.75, 3.05) is 14.1 Å². The maximum absolute atomic E-state index is 13.4. The van der Waals surface area contributed by atoms with E-state index in [1.54, 1.807) is 26.2 Å². The zero-order chi connectivity index (χ0) is 12.3. The molecule has 16 heavy (non-hydrogen) atoms. The van der Waals surface area contributed by atoms with Crippen LogP contribution in [-0.4, -0.2) is 24.9 Å². The quantitative estimate of drug-likeness (QED) is 0.926. The van der Waals surface area contributed by atoms with Crippen LogP contribution < -0.4 is 5.73 Å². The van der Waals surface area contributed by atoms with E-state index in [4.69, 9.17) is 5.73 Å². The van der Waals surface area contributed by atoms with Crippen LogP contribution in [0.25, 0.3) is 0 Å². The second-order valence-corrected chi connectivity index (χ2v) is 4.68.